The Balaban J connectivity index is 3.73. The van der Waals surface area contributed by atoms with Gasteiger partial charge in [-0.1, -0.05) is 64.0 Å². The fourth-order valence-electron chi connectivity index (χ4n) is 3.34. The molecule has 0 aliphatic carbocycles. The van der Waals surface area contributed by atoms with Crippen LogP contribution in [-0.4, -0.2) is 35.0 Å². The van der Waals surface area contributed by atoms with Gasteiger partial charge in [0.25, 0.3) is 0 Å². The molecule has 0 spiro atoms. The predicted molar refractivity (Wildman–Crippen MR) is 114 cm³/mol. The second kappa shape index (κ2) is 18.1. The highest BCUT2D eigenvalue weighted by Crippen LogP contribution is 2.17. The molecule has 0 radical (unpaired) electrons. The van der Waals surface area contributed by atoms with E-state index in [1.54, 1.807) is 4.90 Å². The van der Waals surface area contributed by atoms with Crippen LogP contribution in [0.15, 0.2) is 12.2 Å². The predicted octanol–water partition coefficient (Wildman–Crippen LogP) is 6.20. The average molecular weight is 382 g/mol. The standard InChI is InChI=1S/C23H43NO3/c1-4-7-8-9-10-11-12-13-14-15-16-17-18-19-21(23(26)27)20-22(25)24(5-2)6-3/h10-11,21H,4-9,12-20H2,1-3H3,(H,26,27)/b11-10+. The van der Waals surface area contributed by atoms with Gasteiger partial charge in [-0.05, 0) is 46.0 Å². The Morgan fingerprint density at radius 1 is 0.815 bits per heavy atom. The van der Waals surface area contributed by atoms with Gasteiger partial charge < -0.3 is 10.0 Å². The number of amides is 1. The van der Waals surface area contributed by atoms with Crippen molar-refractivity contribution in [2.45, 2.75) is 104 Å². The summed E-state index contributed by atoms with van der Waals surface area (Å²) in [4.78, 5) is 25.2. The first-order valence-electron chi connectivity index (χ1n) is 11.2. The molecule has 0 fully saturated rings. The summed E-state index contributed by atoms with van der Waals surface area (Å²) < 4.78 is 0. The number of nitrogens with zero attached hydrogens (tertiary/aromatic N) is 1. The van der Waals surface area contributed by atoms with E-state index in [0.29, 0.717) is 19.5 Å². The highest BCUT2D eigenvalue weighted by atomic mass is 16.4. The molecule has 0 aromatic carbocycles. The van der Waals surface area contributed by atoms with Crippen LogP contribution >= 0.6 is 0 Å². The number of hydrogen-bond acceptors (Lipinski definition) is 2. The Morgan fingerprint density at radius 2 is 1.33 bits per heavy atom. The highest BCUT2D eigenvalue weighted by molar-refractivity contribution is 5.82. The maximum atomic E-state index is 12.1. The van der Waals surface area contributed by atoms with Crippen LogP contribution in [-0.2, 0) is 9.59 Å². The highest BCUT2D eigenvalue weighted by Gasteiger charge is 2.22. The lowest BCUT2D eigenvalue weighted by Crippen LogP contribution is -2.33. The minimum absolute atomic E-state index is 0.0323. The van der Waals surface area contributed by atoms with E-state index in [9.17, 15) is 14.7 Å². The van der Waals surface area contributed by atoms with Crippen LogP contribution in [0.3, 0.4) is 0 Å². The molecule has 0 aromatic heterocycles. The summed E-state index contributed by atoms with van der Waals surface area (Å²) in [5.74, 6) is -1.40. The molecule has 0 aliphatic heterocycles. The van der Waals surface area contributed by atoms with Crippen molar-refractivity contribution in [3.63, 3.8) is 0 Å². The number of carbonyl (C=O) groups is 2. The number of aliphatic carboxylic acids is 1. The van der Waals surface area contributed by atoms with E-state index in [1.807, 2.05) is 13.8 Å². The molecule has 0 saturated carbocycles. The van der Waals surface area contributed by atoms with E-state index in [0.717, 1.165) is 19.3 Å². The van der Waals surface area contributed by atoms with Crippen molar-refractivity contribution in [1.82, 2.24) is 4.90 Å². The molecular formula is C23H43NO3. The zero-order valence-electron chi connectivity index (χ0n) is 18.0. The van der Waals surface area contributed by atoms with Gasteiger partial charge >= 0.3 is 5.97 Å². The normalized spacial score (nSPS) is 12.4. The van der Waals surface area contributed by atoms with Crippen molar-refractivity contribution in [2.75, 3.05) is 13.1 Å². The topological polar surface area (TPSA) is 57.6 Å². The molecule has 1 amide bonds. The summed E-state index contributed by atoms with van der Waals surface area (Å²) in [6, 6.07) is 0. The first-order chi connectivity index (χ1) is 13.1. The summed E-state index contributed by atoms with van der Waals surface area (Å²) in [7, 11) is 0. The van der Waals surface area contributed by atoms with Crippen molar-refractivity contribution in [2.24, 2.45) is 5.92 Å². The summed E-state index contributed by atoms with van der Waals surface area (Å²) >= 11 is 0. The van der Waals surface area contributed by atoms with E-state index < -0.39 is 11.9 Å². The molecule has 4 heteroatoms. The second-order valence-corrected chi connectivity index (χ2v) is 7.47. The van der Waals surface area contributed by atoms with Crippen LogP contribution in [0.5, 0.6) is 0 Å². The van der Waals surface area contributed by atoms with Gasteiger partial charge in [-0.25, -0.2) is 0 Å². The third-order valence-electron chi connectivity index (χ3n) is 5.20. The Kier molecular flexibility index (Phi) is 17.2. The first kappa shape index (κ1) is 25.7. The van der Waals surface area contributed by atoms with E-state index in [-0.39, 0.29) is 12.3 Å². The molecule has 0 heterocycles. The van der Waals surface area contributed by atoms with E-state index in [1.165, 1.54) is 51.4 Å². The fourth-order valence-corrected chi connectivity index (χ4v) is 3.34. The number of rotatable bonds is 18. The molecule has 0 rings (SSSR count). The van der Waals surface area contributed by atoms with Gasteiger partial charge in [0, 0.05) is 19.5 Å². The van der Waals surface area contributed by atoms with Gasteiger partial charge in [0.1, 0.15) is 0 Å². The number of carbonyl (C=O) groups excluding carboxylic acids is 1. The number of unbranched alkanes of at least 4 members (excludes halogenated alkanes) is 9. The molecule has 4 nitrogen and oxygen atoms in total. The fraction of sp³-hybridized carbons (Fsp3) is 0.826. The van der Waals surface area contributed by atoms with Crippen LogP contribution in [0.4, 0.5) is 0 Å². The number of carboxylic acid groups (broad SMARTS) is 1. The Morgan fingerprint density at radius 3 is 1.85 bits per heavy atom. The zero-order valence-corrected chi connectivity index (χ0v) is 18.0. The SMILES string of the molecule is CCCCC/C=C/CCCCCCCCC(CC(=O)N(CC)CC)C(=O)O. The van der Waals surface area contributed by atoms with Crippen molar-refractivity contribution in [3.8, 4) is 0 Å². The minimum atomic E-state index is -0.832. The molecule has 0 aliphatic rings. The molecule has 0 aromatic rings. The van der Waals surface area contributed by atoms with Crippen LogP contribution in [0.2, 0.25) is 0 Å². The lowest BCUT2D eigenvalue weighted by molar-refractivity contribution is -0.146. The summed E-state index contributed by atoms with van der Waals surface area (Å²) in [5.41, 5.74) is 0. The summed E-state index contributed by atoms with van der Waals surface area (Å²) in [5, 5.41) is 9.36. The summed E-state index contributed by atoms with van der Waals surface area (Å²) in [6.45, 7) is 7.39. The zero-order chi connectivity index (χ0) is 20.3. The van der Waals surface area contributed by atoms with E-state index in [2.05, 4.69) is 19.1 Å². The van der Waals surface area contributed by atoms with E-state index >= 15 is 0 Å². The molecule has 1 atom stereocenters. The molecule has 27 heavy (non-hydrogen) atoms. The lowest BCUT2D eigenvalue weighted by atomic mass is 9.96. The van der Waals surface area contributed by atoms with Gasteiger partial charge in [0.05, 0.1) is 5.92 Å². The maximum Gasteiger partial charge on any atom is 0.307 e. The first-order valence-corrected chi connectivity index (χ1v) is 11.2. The van der Waals surface area contributed by atoms with Crippen molar-refractivity contribution < 1.29 is 14.7 Å². The number of carboxylic acids is 1. The molecule has 158 valence electrons. The largest absolute Gasteiger partial charge is 0.481 e. The van der Waals surface area contributed by atoms with Crippen molar-refractivity contribution in [3.05, 3.63) is 12.2 Å². The molecular weight excluding hydrogens is 338 g/mol. The molecule has 0 saturated heterocycles. The van der Waals surface area contributed by atoms with Gasteiger partial charge in [-0.15, -0.1) is 0 Å². The van der Waals surface area contributed by atoms with Crippen LogP contribution in [0.25, 0.3) is 0 Å². The van der Waals surface area contributed by atoms with Crippen molar-refractivity contribution in [1.29, 1.82) is 0 Å². The number of allylic oxidation sites excluding steroid dienone is 2. The van der Waals surface area contributed by atoms with Crippen molar-refractivity contribution >= 4 is 11.9 Å². The second-order valence-electron chi connectivity index (χ2n) is 7.47. The average Bonchev–Trinajstić information content (AvgIpc) is 2.65. The molecule has 0 bridgehead atoms. The van der Waals surface area contributed by atoms with Crippen LogP contribution in [0.1, 0.15) is 104 Å². The maximum absolute atomic E-state index is 12.1. The third-order valence-corrected chi connectivity index (χ3v) is 5.20. The Bertz CT molecular complexity index is 402. The van der Waals surface area contributed by atoms with Gasteiger partial charge in [-0.2, -0.15) is 0 Å². The monoisotopic (exact) mass is 381 g/mol. The quantitative estimate of drug-likeness (QED) is 0.227. The van der Waals surface area contributed by atoms with Crippen LogP contribution in [0, 0.1) is 5.92 Å². The molecule has 1 unspecified atom stereocenters. The molecule has 1 N–H and O–H groups in total. The van der Waals surface area contributed by atoms with Gasteiger partial charge in [0.15, 0.2) is 0 Å². The van der Waals surface area contributed by atoms with E-state index in [4.69, 9.17) is 0 Å². The minimum Gasteiger partial charge on any atom is -0.481 e. The summed E-state index contributed by atoms with van der Waals surface area (Å²) in [6.07, 6.45) is 18.6. The Labute approximate surface area is 167 Å². The van der Waals surface area contributed by atoms with Crippen LogP contribution < -0.4 is 0 Å². The van der Waals surface area contributed by atoms with Gasteiger partial charge in [0.2, 0.25) is 5.91 Å². The smallest absolute Gasteiger partial charge is 0.307 e. The third kappa shape index (κ3) is 14.4. The Hall–Kier alpha value is -1.32. The number of hydrogen-bond donors (Lipinski definition) is 1. The van der Waals surface area contributed by atoms with Gasteiger partial charge in [-0.3, -0.25) is 9.59 Å². The lowest BCUT2D eigenvalue weighted by Gasteiger charge is -2.21.